The van der Waals surface area contributed by atoms with Gasteiger partial charge in [0.1, 0.15) is 12.0 Å². The standard InChI is InChI=1S/C28H23N3/c1-16-9-17(2)25-18(3)11-22(12-21(25)10-16)27-26-23-13-19-7-5-6-8-20(19)14-24(23)31(4)28(26)30-15-29-27/h5-15H,1-4H3. The molecule has 0 saturated heterocycles. The van der Waals surface area contributed by atoms with Gasteiger partial charge in [-0.1, -0.05) is 42.0 Å². The minimum atomic E-state index is 0.966. The number of fused-ring (bicyclic) bond motifs is 5. The summed E-state index contributed by atoms with van der Waals surface area (Å²) in [4.78, 5) is 9.45. The van der Waals surface area contributed by atoms with E-state index in [0.717, 1.165) is 22.3 Å². The highest BCUT2D eigenvalue weighted by molar-refractivity contribution is 6.16. The highest BCUT2D eigenvalue weighted by Gasteiger charge is 2.17. The molecular formula is C28H23N3. The Balaban J connectivity index is 1.74. The summed E-state index contributed by atoms with van der Waals surface area (Å²) in [7, 11) is 2.09. The predicted octanol–water partition coefficient (Wildman–Crippen LogP) is 7.02. The van der Waals surface area contributed by atoms with Gasteiger partial charge in [0.15, 0.2) is 0 Å². The van der Waals surface area contributed by atoms with Crippen molar-refractivity contribution in [1.82, 2.24) is 14.5 Å². The first-order valence-electron chi connectivity index (χ1n) is 10.6. The molecule has 0 aliphatic carbocycles. The Labute approximate surface area is 181 Å². The van der Waals surface area contributed by atoms with Crippen LogP contribution in [0.3, 0.4) is 0 Å². The molecule has 0 unspecified atom stereocenters. The van der Waals surface area contributed by atoms with Crippen LogP contribution in [-0.4, -0.2) is 14.5 Å². The molecule has 3 nitrogen and oxygen atoms in total. The van der Waals surface area contributed by atoms with Gasteiger partial charge in [0, 0.05) is 18.0 Å². The van der Waals surface area contributed by atoms with E-state index in [9.17, 15) is 0 Å². The van der Waals surface area contributed by atoms with Crippen molar-refractivity contribution < 1.29 is 0 Å². The molecule has 4 aromatic carbocycles. The highest BCUT2D eigenvalue weighted by atomic mass is 15.0. The van der Waals surface area contributed by atoms with Crippen molar-refractivity contribution in [3.8, 4) is 11.3 Å². The lowest BCUT2D eigenvalue weighted by Crippen LogP contribution is -1.93. The molecule has 150 valence electrons. The van der Waals surface area contributed by atoms with Crippen molar-refractivity contribution >= 4 is 43.5 Å². The van der Waals surface area contributed by atoms with Gasteiger partial charge in [-0.3, -0.25) is 0 Å². The summed E-state index contributed by atoms with van der Waals surface area (Å²) >= 11 is 0. The van der Waals surface area contributed by atoms with E-state index >= 15 is 0 Å². The summed E-state index contributed by atoms with van der Waals surface area (Å²) in [5.74, 6) is 0. The molecule has 0 spiro atoms. The molecule has 0 radical (unpaired) electrons. The Bertz CT molecular complexity index is 1670. The third kappa shape index (κ3) is 2.59. The van der Waals surface area contributed by atoms with Gasteiger partial charge in [0.2, 0.25) is 0 Å². The molecule has 31 heavy (non-hydrogen) atoms. The number of nitrogens with zero attached hydrogens (tertiary/aromatic N) is 3. The van der Waals surface area contributed by atoms with Crippen LogP contribution in [0.25, 0.3) is 54.7 Å². The Morgan fingerprint density at radius 3 is 2.26 bits per heavy atom. The topological polar surface area (TPSA) is 30.7 Å². The molecule has 0 bridgehead atoms. The van der Waals surface area contributed by atoms with Gasteiger partial charge < -0.3 is 4.57 Å². The summed E-state index contributed by atoms with van der Waals surface area (Å²) in [6.07, 6.45) is 1.69. The van der Waals surface area contributed by atoms with E-state index in [-0.39, 0.29) is 0 Å². The van der Waals surface area contributed by atoms with Crippen molar-refractivity contribution in [2.45, 2.75) is 20.8 Å². The maximum Gasteiger partial charge on any atom is 0.144 e. The quantitative estimate of drug-likeness (QED) is 0.296. The smallest absolute Gasteiger partial charge is 0.144 e. The largest absolute Gasteiger partial charge is 0.328 e. The van der Waals surface area contributed by atoms with Gasteiger partial charge in [0.05, 0.1) is 16.6 Å². The summed E-state index contributed by atoms with van der Waals surface area (Å²) in [5.41, 5.74) is 8.17. The highest BCUT2D eigenvalue weighted by Crippen LogP contribution is 2.37. The molecule has 6 aromatic rings. The summed E-state index contributed by atoms with van der Waals surface area (Å²) in [5, 5.41) is 7.40. The van der Waals surface area contributed by atoms with E-state index in [2.05, 4.69) is 98.0 Å². The first-order chi connectivity index (χ1) is 15.0. The van der Waals surface area contributed by atoms with Crippen LogP contribution in [0.4, 0.5) is 0 Å². The Hall–Kier alpha value is -3.72. The normalized spacial score (nSPS) is 11.9. The lowest BCUT2D eigenvalue weighted by atomic mass is 9.94. The number of rotatable bonds is 1. The lowest BCUT2D eigenvalue weighted by molar-refractivity contribution is 0.983. The zero-order valence-electron chi connectivity index (χ0n) is 18.2. The second-order valence-electron chi connectivity index (χ2n) is 8.67. The SMILES string of the molecule is Cc1cc(C)c2c(C)cc(-c3ncnc4c3c3cc5ccccc5cc3n4C)cc2c1. The maximum absolute atomic E-state index is 4.79. The van der Waals surface area contributed by atoms with E-state index in [0.29, 0.717) is 0 Å². The van der Waals surface area contributed by atoms with Crippen LogP contribution in [0.2, 0.25) is 0 Å². The molecule has 0 atom stereocenters. The zero-order valence-corrected chi connectivity index (χ0v) is 18.2. The summed E-state index contributed by atoms with van der Waals surface area (Å²) in [6.45, 7) is 6.55. The molecule has 0 amide bonds. The Kier molecular flexibility index (Phi) is 3.73. The van der Waals surface area contributed by atoms with Crippen LogP contribution < -0.4 is 0 Å². The van der Waals surface area contributed by atoms with Crippen LogP contribution in [-0.2, 0) is 7.05 Å². The van der Waals surface area contributed by atoms with E-state index in [1.54, 1.807) is 6.33 Å². The van der Waals surface area contributed by atoms with Crippen LogP contribution in [0.1, 0.15) is 16.7 Å². The van der Waals surface area contributed by atoms with Gasteiger partial charge in [-0.2, -0.15) is 0 Å². The number of aryl methyl sites for hydroxylation is 4. The number of benzene rings is 4. The molecule has 0 aliphatic rings. The van der Waals surface area contributed by atoms with Gasteiger partial charge in [-0.15, -0.1) is 0 Å². The fourth-order valence-corrected chi connectivity index (χ4v) is 5.22. The molecular weight excluding hydrogens is 378 g/mol. The molecule has 2 aromatic heterocycles. The minimum Gasteiger partial charge on any atom is -0.328 e. The predicted molar refractivity (Wildman–Crippen MR) is 131 cm³/mol. The van der Waals surface area contributed by atoms with Crippen molar-refractivity contribution in [2.75, 3.05) is 0 Å². The van der Waals surface area contributed by atoms with Crippen molar-refractivity contribution in [2.24, 2.45) is 7.05 Å². The second kappa shape index (κ2) is 6.39. The average molecular weight is 402 g/mol. The first kappa shape index (κ1) is 18.1. The molecule has 0 aliphatic heterocycles. The maximum atomic E-state index is 4.79. The van der Waals surface area contributed by atoms with Crippen molar-refractivity contribution in [3.63, 3.8) is 0 Å². The van der Waals surface area contributed by atoms with E-state index in [1.807, 2.05) is 0 Å². The zero-order chi connectivity index (χ0) is 21.3. The van der Waals surface area contributed by atoms with Crippen molar-refractivity contribution in [1.29, 1.82) is 0 Å². The fraction of sp³-hybridized carbons (Fsp3) is 0.143. The third-order valence-electron chi connectivity index (χ3n) is 6.50. The Morgan fingerprint density at radius 2 is 1.45 bits per heavy atom. The molecule has 2 heterocycles. The van der Waals surface area contributed by atoms with Crippen LogP contribution in [0.15, 0.2) is 67.0 Å². The van der Waals surface area contributed by atoms with Gasteiger partial charge in [-0.05, 0) is 77.7 Å². The second-order valence-corrected chi connectivity index (χ2v) is 8.67. The van der Waals surface area contributed by atoms with Crippen LogP contribution >= 0.6 is 0 Å². The first-order valence-corrected chi connectivity index (χ1v) is 10.6. The van der Waals surface area contributed by atoms with Gasteiger partial charge in [-0.25, -0.2) is 9.97 Å². The van der Waals surface area contributed by atoms with Crippen molar-refractivity contribution in [3.05, 3.63) is 83.7 Å². The summed E-state index contributed by atoms with van der Waals surface area (Å²) < 4.78 is 2.19. The minimum absolute atomic E-state index is 0.966. The molecule has 0 saturated carbocycles. The monoisotopic (exact) mass is 401 g/mol. The fourth-order valence-electron chi connectivity index (χ4n) is 5.22. The van der Waals surface area contributed by atoms with E-state index < -0.39 is 0 Å². The Morgan fingerprint density at radius 1 is 0.710 bits per heavy atom. The van der Waals surface area contributed by atoms with Gasteiger partial charge in [0.25, 0.3) is 0 Å². The number of hydrogen-bond acceptors (Lipinski definition) is 2. The average Bonchev–Trinajstić information content (AvgIpc) is 3.03. The molecule has 0 N–H and O–H groups in total. The number of aromatic nitrogens is 3. The van der Waals surface area contributed by atoms with Crippen LogP contribution in [0.5, 0.6) is 0 Å². The summed E-state index contributed by atoms with van der Waals surface area (Å²) in [6, 6.07) is 22.1. The van der Waals surface area contributed by atoms with E-state index in [4.69, 9.17) is 4.98 Å². The lowest BCUT2D eigenvalue weighted by Gasteiger charge is -2.11. The van der Waals surface area contributed by atoms with Gasteiger partial charge >= 0.3 is 0 Å². The molecule has 6 rings (SSSR count). The number of hydrogen-bond donors (Lipinski definition) is 0. The van der Waals surface area contributed by atoms with Crippen LogP contribution in [0, 0.1) is 20.8 Å². The third-order valence-corrected chi connectivity index (χ3v) is 6.50. The molecule has 0 fully saturated rings. The van der Waals surface area contributed by atoms with E-state index in [1.165, 1.54) is 49.1 Å². The molecule has 3 heteroatoms.